The van der Waals surface area contributed by atoms with E-state index in [0.717, 1.165) is 11.8 Å². The van der Waals surface area contributed by atoms with E-state index in [4.69, 9.17) is 0 Å². The average molecular weight is 443 g/mol. The summed E-state index contributed by atoms with van der Waals surface area (Å²) < 4.78 is 28.4. The number of hydrogen-bond acceptors (Lipinski definition) is 5. The van der Waals surface area contributed by atoms with Crippen molar-refractivity contribution in [3.63, 3.8) is 0 Å². The van der Waals surface area contributed by atoms with Gasteiger partial charge in [-0.15, -0.1) is 16.8 Å². The first-order chi connectivity index (χ1) is 15.0. The van der Waals surface area contributed by atoms with Crippen LogP contribution in [0.15, 0.2) is 66.3 Å². The Morgan fingerprint density at radius 2 is 1.84 bits per heavy atom. The van der Waals surface area contributed by atoms with Crippen LogP contribution in [0.5, 0.6) is 0 Å². The lowest BCUT2D eigenvalue weighted by atomic mass is 10.2. The van der Waals surface area contributed by atoms with Gasteiger partial charge in [0.2, 0.25) is 5.91 Å². The van der Waals surface area contributed by atoms with Gasteiger partial charge in [-0.25, -0.2) is 8.78 Å². The molecular weight excluding hydrogens is 424 g/mol. The molecule has 0 unspecified atom stereocenters. The number of thioether (sulfide) groups is 1. The first-order valence-corrected chi connectivity index (χ1v) is 10.2. The lowest BCUT2D eigenvalue weighted by Gasteiger charge is -2.09. The summed E-state index contributed by atoms with van der Waals surface area (Å²) in [6, 6.07) is 11.1. The molecule has 0 spiro atoms. The van der Waals surface area contributed by atoms with Gasteiger partial charge < -0.3 is 15.2 Å². The third-order valence-electron chi connectivity index (χ3n) is 4.10. The fourth-order valence-corrected chi connectivity index (χ4v) is 3.38. The highest BCUT2D eigenvalue weighted by Gasteiger charge is 2.15. The highest BCUT2D eigenvalue weighted by molar-refractivity contribution is 7.99. The summed E-state index contributed by atoms with van der Waals surface area (Å²) in [4.78, 5) is 24.4. The van der Waals surface area contributed by atoms with Gasteiger partial charge in [0.15, 0.2) is 11.0 Å². The number of hydrogen-bond donors (Lipinski definition) is 2. The summed E-state index contributed by atoms with van der Waals surface area (Å²) in [7, 11) is 0. The van der Waals surface area contributed by atoms with Crippen molar-refractivity contribution in [2.75, 3.05) is 11.1 Å². The number of amides is 2. The van der Waals surface area contributed by atoms with Crippen LogP contribution in [0.3, 0.4) is 0 Å². The molecule has 0 bridgehead atoms. The van der Waals surface area contributed by atoms with Gasteiger partial charge in [-0.2, -0.15) is 0 Å². The van der Waals surface area contributed by atoms with Crippen molar-refractivity contribution in [1.82, 2.24) is 20.1 Å². The van der Waals surface area contributed by atoms with E-state index in [-0.39, 0.29) is 23.9 Å². The number of halogens is 2. The molecule has 0 aliphatic rings. The van der Waals surface area contributed by atoms with E-state index < -0.39 is 17.5 Å². The summed E-state index contributed by atoms with van der Waals surface area (Å²) >= 11 is 1.13. The topological polar surface area (TPSA) is 88.9 Å². The van der Waals surface area contributed by atoms with Gasteiger partial charge >= 0.3 is 0 Å². The molecule has 2 aromatic carbocycles. The Bertz CT molecular complexity index is 1090. The van der Waals surface area contributed by atoms with Gasteiger partial charge in [0.05, 0.1) is 18.0 Å². The maximum atomic E-state index is 13.7. The standard InChI is InChI=1S/C21H19F2N5O2S/c1-2-11-28-18(12-24-20(30)14-7-9-15(22)10-8-14)26-27-21(28)31-13-19(29)25-17-6-4-3-5-16(17)23/h2-10H,1,11-13H2,(H,24,30)(H,25,29). The van der Waals surface area contributed by atoms with Crippen LogP contribution in [0.4, 0.5) is 14.5 Å². The van der Waals surface area contributed by atoms with E-state index in [9.17, 15) is 18.4 Å². The third-order valence-corrected chi connectivity index (χ3v) is 5.07. The molecule has 2 N–H and O–H groups in total. The number of anilines is 1. The zero-order valence-electron chi connectivity index (χ0n) is 16.3. The molecule has 0 radical (unpaired) electrons. The zero-order chi connectivity index (χ0) is 22.2. The molecule has 0 aliphatic heterocycles. The highest BCUT2D eigenvalue weighted by Crippen LogP contribution is 2.19. The summed E-state index contributed by atoms with van der Waals surface area (Å²) in [5.41, 5.74) is 0.417. The summed E-state index contributed by atoms with van der Waals surface area (Å²) in [6.45, 7) is 4.15. The molecular formula is C21H19F2N5O2S. The van der Waals surface area contributed by atoms with Crippen LogP contribution >= 0.6 is 11.8 Å². The number of para-hydroxylation sites is 1. The Labute approximate surface area is 181 Å². The van der Waals surface area contributed by atoms with Gasteiger partial charge in [-0.05, 0) is 36.4 Å². The summed E-state index contributed by atoms with van der Waals surface area (Å²) in [6.07, 6.45) is 1.64. The van der Waals surface area contributed by atoms with E-state index in [1.807, 2.05) is 0 Å². The van der Waals surface area contributed by atoms with Gasteiger partial charge in [-0.3, -0.25) is 9.59 Å². The Balaban J connectivity index is 1.61. The molecule has 0 fully saturated rings. The van der Waals surface area contributed by atoms with Crippen molar-refractivity contribution >= 4 is 29.3 Å². The van der Waals surface area contributed by atoms with Crippen molar-refractivity contribution in [3.8, 4) is 0 Å². The molecule has 1 heterocycles. The predicted molar refractivity (Wildman–Crippen MR) is 114 cm³/mol. The Morgan fingerprint density at radius 1 is 1.10 bits per heavy atom. The Kier molecular flexibility index (Phi) is 7.50. The van der Waals surface area contributed by atoms with E-state index >= 15 is 0 Å². The second-order valence-electron chi connectivity index (χ2n) is 6.30. The highest BCUT2D eigenvalue weighted by atomic mass is 32.2. The number of allylic oxidation sites excluding steroid dienone is 1. The number of carbonyl (C=O) groups excluding carboxylic acids is 2. The zero-order valence-corrected chi connectivity index (χ0v) is 17.2. The molecule has 0 aliphatic carbocycles. The summed E-state index contributed by atoms with van der Waals surface area (Å²) in [5.74, 6) is -1.27. The van der Waals surface area contributed by atoms with Crippen LogP contribution in [-0.4, -0.2) is 32.3 Å². The molecule has 3 rings (SSSR count). The first kappa shape index (κ1) is 22.2. The molecule has 7 nitrogen and oxygen atoms in total. The molecule has 2 amide bonds. The monoisotopic (exact) mass is 443 g/mol. The van der Waals surface area contributed by atoms with Crippen LogP contribution in [0.2, 0.25) is 0 Å². The van der Waals surface area contributed by atoms with Gasteiger partial charge in [0.25, 0.3) is 5.91 Å². The lowest BCUT2D eigenvalue weighted by molar-refractivity contribution is -0.113. The molecule has 1 aromatic heterocycles. The second kappa shape index (κ2) is 10.5. The molecule has 3 aromatic rings. The number of aromatic nitrogens is 3. The van der Waals surface area contributed by atoms with E-state index in [2.05, 4.69) is 27.4 Å². The van der Waals surface area contributed by atoms with Crippen LogP contribution in [0.25, 0.3) is 0 Å². The summed E-state index contributed by atoms with van der Waals surface area (Å²) in [5, 5.41) is 13.8. The third kappa shape index (κ3) is 5.98. The number of carbonyl (C=O) groups is 2. The Hall–Kier alpha value is -3.53. The minimum absolute atomic E-state index is 0.00838. The Morgan fingerprint density at radius 3 is 2.55 bits per heavy atom. The van der Waals surface area contributed by atoms with Crippen molar-refractivity contribution in [3.05, 3.63) is 84.2 Å². The normalized spacial score (nSPS) is 10.5. The van der Waals surface area contributed by atoms with Crippen LogP contribution < -0.4 is 10.6 Å². The van der Waals surface area contributed by atoms with Gasteiger partial charge in [0, 0.05) is 12.1 Å². The first-order valence-electron chi connectivity index (χ1n) is 9.22. The molecule has 160 valence electrons. The van der Waals surface area contributed by atoms with E-state index in [0.29, 0.717) is 23.1 Å². The minimum atomic E-state index is -0.519. The maximum absolute atomic E-state index is 13.7. The molecule has 31 heavy (non-hydrogen) atoms. The van der Waals surface area contributed by atoms with Crippen molar-refractivity contribution < 1.29 is 18.4 Å². The number of nitrogens with zero attached hydrogens (tertiary/aromatic N) is 3. The maximum Gasteiger partial charge on any atom is 0.251 e. The van der Waals surface area contributed by atoms with Crippen molar-refractivity contribution in [1.29, 1.82) is 0 Å². The van der Waals surface area contributed by atoms with Crippen LogP contribution in [0.1, 0.15) is 16.2 Å². The quantitative estimate of drug-likeness (QED) is 0.391. The molecule has 0 saturated heterocycles. The average Bonchev–Trinajstić information content (AvgIpc) is 3.14. The second-order valence-corrected chi connectivity index (χ2v) is 7.25. The minimum Gasteiger partial charge on any atom is -0.345 e. The molecule has 10 heteroatoms. The SMILES string of the molecule is C=CCn1c(CNC(=O)c2ccc(F)cc2)nnc1SCC(=O)Nc1ccccc1F. The van der Waals surface area contributed by atoms with E-state index in [1.165, 1.54) is 42.5 Å². The lowest BCUT2D eigenvalue weighted by Crippen LogP contribution is -2.25. The van der Waals surface area contributed by atoms with Gasteiger partial charge in [0.1, 0.15) is 11.6 Å². The van der Waals surface area contributed by atoms with E-state index in [1.54, 1.807) is 16.7 Å². The largest absolute Gasteiger partial charge is 0.345 e. The number of benzene rings is 2. The number of nitrogens with one attached hydrogen (secondary N) is 2. The smallest absolute Gasteiger partial charge is 0.251 e. The number of rotatable bonds is 9. The fraction of sp³-hybridized carbons (Fsp3) is 0.143. The molecule has 0 saturated carbocycles. The van der Waals surface area contributed by atoms with Crippen LogP contribution in [0, 0.1) is 11.6 Å². The van der Waals surface area contributed by atoms with Crippen LogP contribution in [-0.2, 0) is 17.9 Å². The predicted octanol–water partition coefficient (Wildman–Crippen LogP) is 3.40. The van der Waals surface area contributed by atoms with Crippen molar-refractivity contribution in [2.24, 2.45) is 0 Å². The van der Waals surface area contributed by atoms with Gasteiger partial charge in [-0.1, -0.05) is 30.0 Å². The molecule has 0 atom stereocenters. The van der Waals surface area contributed by atoms with Crippen molar-refractivity contribution in [2.45, 2.75) is 18.2 Å². The fourth-order valence-electron chi connectivity index (χ4n) is 2.61.